The topological polar surface area (TPSA) is 66.8 Å². The summed E-state index contributed by atoms with van der Waals surface area (Å²) >= 11 is 1.45. The highest BCUT2D eigenvalue weighted by Crippen LogP contribution is 2.21. The number of thioether (sulfide) groups is 1. The van der Waals surface area contributed by atoms with Crippen LogP contribution in [0.4, 0.5) is 0 Å². The van der Waals surface area contributed by atoms with E-state index in [4.69, 9.17) is 9.84 Å². The Bertz CT molecular complexity index is 285. The number of ether oxygens (including phenoxy) is 1. The van der Waals surface area contributed by atoms with E-state index in [-0.39, 0.29) is 18.6 Å². The van der Waals surface area contributed by atoms with E-state index in [0.29, 0.717) is 18.9 Å². The van der Waals surface area contributed by atoms with Crippen LogP contribution in [0.5, 0.6) is 0 Å². The third-order valence-electron chi connectivity index (χ3n) is 2.82. The Balaban J connectivity index is 2.74. The van der Waals surface area contributed by atoms with E-state index >= 15 is 0 Å². The summed E-state index contributed by atoms with van der Waals surface area (Å²) in [6.45, 7) is 3.10. The molecule has 0 radical (unpaired) electrons. The average Bonchev–Trinajstić information content (AvgIpc) is 2.74. The van der Waals surface area contributed by atoms with Crippen LogP contribution in [0, 0.1) is 5.92 Å². The van der Waals surface area contributed by atoms with E-state index in [2.05, 4.69) is 0 Å². The molecule has 1 saturated heterocycles. The lowest BCUT2D eigenvalue weighted by Crippen LogP contribution is -2.47. The highest BCUT2D eigenvalue weighted by molar-refractivity contribution is 7.99. The maximum atomic E-state index is 11.9. The van der Waals surface area contributed by atoms with Crippen molar-refractivity contribution in [2.24, 2.45) is 5.92 Å². The Morgan fingerprint density at radius 2 is 2.18 bits per heavy atom. The van der Waals surface area contributed by atoms with Crippen LogP contribution in [0.25, 0.3) is 0 Å². The number of aliphatic carboxylic acids is 1. The molecule has 0 spiro atoms. The second-order valence-electron chi connectivity index (χ2n) is 4.07. The molecule has 6 heteroatoms. The number of carboxylic acids is 1. The molecular weight excluding hydrogens is 242 g/mol. The fourth-order valence-corrected chi connectivity index (χ4v) is 2.42. The number of rotatable bonds is 6. The van der Waals surface area contributed by atoms with Crippen molar-refractivity contribution in [2.45, 2.75) is 19.4 Å². The van der Waals surface area contributed by atoms with Crippen molar-refractivity contribution in [3.8, 4) is 0 Å². The third-order valence-corrected chi connectivity index (χ3v) is 3.36. The molecule has 1 amide bonds. The van der Waals surface area contributed by atoms with Crippen molar-refractivity contribution in [1.29, 1.82) is 0 Å². The van der Waals surface area contributed by atoms with Crippen molar-refractivity contribution in [3.63, 3.8) is 0 Å². The molecule has 2 unspecified atom stereocenters. The lowest BCUT2D eigenvalue weighted by atomic mass is 10.0. The Labute approximate surface area is 105 Å². The van der Waals surface area contributed by atoms with Gasteiger partial charge in [-0.15, -0.1) is 0 Å². The van der Waals surface area contributed by atoms with E-state index in [1.54, 1.807) is 4.90 Å². The summed E-state index contributed by atoms with van der Waals surface area (Å²) in [4.78, 5) is 24.7. The maximum Gasteiger partial charge on any atom is 0.311 e. The van der Waals surface area contributed by atoms with Gasteiger partial charge in [-0.05, 0) is 12.7 Å². The van der Waals surface area contributed by atoms with E-state index in [1.165, 1.54) is 11.8 Å². The van der Waals surface area contributed by atoms with Gasteiger partial charge in [0.05, 0.1) is 25.0 Å². The zero-order chi connectivity index (χ0) is 12.8. The lowest BCUT2D eigenvalue weighted by Gasteiger charge is -2.30. The molecule has 0 bridgehead atoms. The van der Waals surface area contributed by atoms with Crippen molar-refractivity contribution in [2.75, 3.05) is 31.8 Å². The Morgan fingerprint density at radius 3 is 2.71 bits per heavy atom. The molecule has 1 rings (SSSR count). The maximum absolute atomic E-state index is 11.9. The number of hydrogen-bond donors (Lipinski definition) is 1. The van der Waals surface area contributed by atoms with Gasteiger partial charge in [-0.2, -0.15) is 11.8 Å². The van der Waals surface area contributed by atoms with Gasteiger partial charge in [-0.25, -0.2) is 0 Å². The van der Waals surface area contributed by atoms with Crippen molar-refractivity contribution < 1.29 is 19.4 Å². The molecule has 5 nitrogen and oxygen atoms in total. The Kier molecular flexibility index (Phi) is 5.77. The summed E-state index contributed by atoms with van der Waals surface area (Å²) < 4.78 is 5.21. The van der Waals surface area contributed by atoms with Crippen molar-refractivity contribution in [3.05, 3.63) is 0 Å². The number of nitrogens with zero attached hydrogens (tertiary/aromatic N) is 1. The van der Waals surface area contributed by atoms with Crippen LogP contribution in [-0.2, 0) is 14.3 Å². The van der Waals surface area contributed by atoms with Crippen LogP contribution in [-0.4, -0.2) is 59.7 Å². The summed E-state index contributed by atoms with van der Waals surface area (Å²) in [5.74, 6) is -1.08. The van der Waals surface area contributed by atoms with Crippen LogP contribution in [0.15, 0.2) is 0 Å². The highest BCUT2D eigenvalue weighted by atomic mass is 32.2. The quantitative estimate of drug-likeness (QED) is 0.762. The van der Waals surface area contributed by atoms with E-state index in [9.17, 15) is 9.59 Å². The van der Waals surface area contributed by atoms with Gasteiger partial charge in [0.1, 0.15) is 5.92 Å². The SMILES string of the molecule is CCCN(C(=O)CSC)C1COCC1C(=O)O. The fraction of sp³-hybridized carbons (Fsp3) is 0.818. The second kappa shape index (κ2) is 6.86. The predicted octanol–water partition coefficient (Wildman–Crippen LogP) is 0.688. The number of hydrogen-bond acceptors (Lipinski definition) is 4. The van der Waals surface area contributed by atoms with E-state index < -0.39 is 11.9 Å². The Hall–Kier alpha value is -0.750. The molecule has 0 aliphatic carbocycles. The van der Waals surface area contributed by atoms with E-state index in [0.717, 1.165) is 6.42 Å². The number of carbonyl (C=O) groups excluding carboxylic acids is 1. The predicted molar refractivity (Wildman–Crippen MR) is 66.1 cm³/mol. The number of carbonyl (C=O) groups is 2. The lowest BCUT2D eigenvalue weighted by molar-refractivity contribution is -0.144. The molecule has 1 heterocycles. The average molecular weight is 261 g/mol. The molecule has 0 aromatic carbocycles. The smallest absolute Gasteiger partial charge is 0.311 e. The Morgan fingerprint density at radius 1 is 1.47 bits per heavy atom. The first-order valence-corrected chi connectivity index (χ1v) is 7.10. The molecule has 1 N–H and O–H groups in total. The zero-order valence-electron chi connectivity index (χ0n) is 10.2. The van der Waals surface area contributed by atoms with Gasteiger partial charge in [0.2, 0.25) is 5.91 Å². The first kappa shape index (κ1) is 14.3. The molecule has 17 heavy (non-hydrogen) atoms. The molecule has 0 saturated carbocycles. The molecule has 0 aromatic rings. The molecule has 1 fully saturated rings. The van der Waals surface area contributed by atoms with Gasteiger partial charge in [-0.3, -0.25) is 9.59 Å². The van der Waals surface area contributed by atoms with Crippen LogP contribution in [0.2, 0.25) is 0 Å². The van der Waals surface area contributed by atoms with Gasteiger partial charge in [0.15, 0.2) is 0 Å². The summed E-state index contributed by atoms with van der Waals surface area (Å²) in [5, 5.41) is 9.09. The van der Waals surface area contributed by atoms with Crippen molar-refractivity contribution >= 4 is 23.6 Å². The number of carboxylic acid groups (broad SMARTS) is 1. The monoisotopic (exact) mass is 261 g/mol. The standard InChI is InChI=1S/C11H19NO4S/c1-3-4-12(10(13)7-17-2)9-6-16-5-8(9)11(14)15/h8-9H,3-7H2,1-2H3,(H,14,15). The molecule has 98 valence electrons. The molecule has 2 atom stereocenters. The molecular formula is C11H19NO4S. The fourth-order valence-electron chi connectivity index (χ4n) is 2.01. The van der Waals surface area contributed by atoms with Crippen LogP contribution < -0.4 is 0 Å². The normalized spacial score (nSPS) is 23.6. The first-order chi connectivity index (χ1) is 8.11. The van der Waals surface area contributed by atoms with Crippen LogP contribution in [0.3, 0.4) is 0 Å². The first-order valence-electron chi connectivity index (χ1n) is 5.70. The minimum absolute atomic E-state index is 0.00102. The third kappa shape index (κ3) is 3.61. The van der Waals surface area contributed by atoms with Crippen molar-refractivity contribution in [1.82, 2.24) is 4.90 Å². The second-order valence-corrected chi connectivity index (χ2v) is 4.94. The van der Waals surface area contributed by atoms with Gasteiger partial charge in [0.25, 0.3) is 0 Å². The minimum atomic E-state index is -0.884. The largest absolute Gasteiger partial charge is 0.481 e. The van der Waals surface area contributed by atoms with Gasteiger partial charge < -0.3 is 14.7 Å². The van der Waals surface area contributed by atoms with Crippen LogP contribution >= 0.6 is 11.8 Å². The van der Waals surface area contributed by atoms with E-state index in [1.807, 2.05) is 13.2 Å². The molecule has 0 aromatic heterocycles. The van der Waals surface area contributed by atoms with Gasteiger partial charge in [-0.1, -0.05) is 6.92 Å². The van der Waals surface area contributed by atoms with Crippen LogP contribution in [0.1, 0.15) is 13.3 Å². The zero-order valence-corrected chi connectivity index (χ0v) is 11.0. The summed E-state index contributed by atoms with van der Waals surface area (Å²) in [7, 11) is 0. The summed E-state index contributed by atoms with van der Waals surface area (Å²) in [5.41, 5.74) is 0. The molecule has 1 aliphatic rings. The van der Waals surface area contributed by atoms with Gasteiger partial charge >= 0.3 is 5.97 Å². The minimum Gasteiger partial charge on any atom is -0.481 e. The number of amides is 1. The highest BCUT2D eigenvalue weighted by Gasteiger charge is 2.39. The molecule has 1 aliphatic heterocycles. The van der Waals surface area contributed by atoms with Gasteiger partial charge in [0, 0.05) is 6.54 Å². The summed E-state index contributed by atoms with van der Waals surface area (Å²) in [6.07, 6.45) is 2.69. The summed E-state index contributed by atoms with van der Waals surface area (Å²) in [6, 6.07) is -0.313.